The molecule has 0 spiro atoms. The predicted octanol–water partition coefficient (Wildman–Crippen LogP) is 3.86. The van der Waals surface area contributed by atoms with Gasteiger partial charge in [0.1, 0.15) is 5.52 Å². The van der Waals surface area contributed by atoms with Crippen LogP contribution in [0.5, 0.6) is 0 Å². The van der Waals surface area contributed by atoms with Crippen molar-refractivity contribution in [3.63, 3.8) is 0 Å². The number of aryl methyl sites for hydroxylation is 2. The lowest BCUT2D eigenvalue weighted by Gasteiger charge is -2.32. The number of hydrogen-bond donors (Lipinski definition) is 3. The average Bonchev–Trinajstić information content (AvgIpc) is 3.58. The van der Waals surface area contributed by atoms with Gasteiger partial charge in [0.2, 0.25) is 17.6 Å². The molecule has 4 aromatic heterocycles. The summed E-state index contributed by atoms with van der Waals surface area (Å²) in [4.78, 5) is 28.8. The average molecular weight is 545 g/mol. The van der Waals surface area contributed by atoms with Gasteiger partial charge in [-0.05, 0) is 64.2 Å². The van der Waals surface area contributed by atoms with Gasteiger partial charge in [-0.25, -0.2) is 14.8 Å². The van der Waals surface area contributed by atoms with Crippen molar-refractivity contribution in [3.05, 3.63) is 28.0 Å². The lowest BCUT2D eigenvalue weighted by atomic mass is 9.80. The number of nitrogens with zero attached hydrogens (tertiary/aromatic N) is 7. The summed E-state index contributed by atoms with van der Waals surface area (Å²) in [5.41, 5.74) is 3.43. The predicted molar refractivity (Wildman–Crippen MR) is 151 cm³/mol. The SMILES string of the molecule is C#CC1CCC(Cn2c(NCc3cn(C)nc3C)nc3nc(-c4noc(=O)[nH]4)nc(N[C@H](C)C4CCC4)c32)CC1. The van der Waals surface area contributed by atoms with Crippen molar-refractivity contribution in [1.82, 2.24) is 39.4 Å². The summed E-state index contributed by atoms with van der Waals surface area (Å²) in [6.07, 6.45) is 15.6. The van der Waals surface area contributed by atoms with Gasteiger partial charge in [-0.15, -0.1) is 12.3 Å². The summed E-state index contributed by atoms with van der Waals surface area (Å²) >= 11 is 0. The van der Waals surface area contributed by atoms with Crippen molar-refractivity contribution in [2.75, 3.05) is 10.6 Å². The quantitative estimate of drug-likeness (QED) is 0.267. The Labute approximate surface area is 232 Å². The lowest BCUT2D eigenvalue weighted by molar-refractivity contribution is 0.284. The highest BCUT2D eigenvalue weighted by molar-refractivity contribution is 5.87. The Morgan fingerprint density at radius 1 is 1.20 bits per heavy atom. The number of aromatic nitrogens is 8. The van der Waals surface area contributed by atoms with Gasteiger partial charge in [0.05, 0.1) is 5.69 Å². The molecular formula is C28H36N10O2. The zero-order chi connectivity index (χ0) is 27.8. The van der Waals surface area contributed by atoms with E-state index in [1.165, 1.54) is 19.3 Å². The molecule has 0 saturated heterocycles. The second-order valence-electron chi connectivity index (χ2n) is 11.3. The summed E-state index contributed by atoms with van der Waals surface area (Å²) in [7, 11) is 1.92. The smallest absolute Gasteiger partial charge is 0.365 e. The fraction of sp³-hybridized carbons (Fsp3) is 0.571. The van der Waals surface area contributed by atoms with Crippen molar-refractivity contribution in [3.8, 4) is 24.0 Å². The van der Waals surface area contributed by atoms with Crippen molar-refractivity contribution < 1.29 is 4.52 Å². The van der Waals surface area contributed by atoms with Crippen LogP contribution in [-0.4, -0.2) is 45.5 Å². The van der Waals surface area contributed by atoms with E-state index in [1.54, 1.807) is 0 Å². The molecule has 2 saturated carbocycles. The summed E-state index contributed by atoms with van der Waals surface area (Å²) < 4.78 is 8.78. The normalized spacial score (nSPS) is 20.2. The van der Waals surface area contributed by atoms with Crippen molar-refractivity contribution >= 4 is 22.9 Å². The van der Waals surface area contributed by atoms with Gasteiger partial charge in [-0.2, -0.15) is 10.1 Å². The Hall–Kier alpha value is -4.14. The van der Waals surface area contributed by atoms with Gasteiger partial charge in [0.25, 0.3) is 0 Å². The fourth-order valence-electron chi connectivity index (χ4n) is 5.92. The topological polar surface area (TPSA) is 144 Å². The lowest BCUT2D eigenvalue weighted by Crippen LogP contribution is -2.31. The first-order chi connectivity index (χ1) is 19.4. The van der Waals surface area contributed by atoms with Gasteiger partial charge in [-0.1, -0.05) is 11.6 Å². The standard InChI is InChI=1S/C28H36N10O2/c1-5-18-9-11-19(12-10-18)14-38-22-23(30-16(2)20-7-6-8-20)31-25(26-34-28(39)40-36-26)32-24(22)33-27(38)29-13-21-15-37(4)35-17(21)3/h1,15-16,18-20H,6-14H2,2-4H3,(H,34,36,39)(H2,29,30,31,32,33)/t16-,18?,19?/m1/s1. The highest BCUT2D eigenvalue weighted by Gasteiger charge is 2.28. The molecule has 12 heteroatoms. The van der Waals surface area contributed by atoms with Gasteiger partial charge < -0.3 is 15.2 Å². The van der Waals surface area contributed by atoms with E-state index in [0.29, 0.717) is 35.8 Å². The van der Waals surface area contributed by atoms with Crippen LogP contribution in [0.25, 0.3) is 22.8 Å². The highest BCUT2D eigenvalue weighted by Crippen LogP contribution is 2.35. The molecule has 0 bridgehead atoms. The van der Waals surface area contributed by atoms with Crippen LogP contribution in [0.1, 0.15) is 63.1 Å². The molecule has 12 nitrogen and oxygen atoms in total. The number of rotatable bonds is 9. The van der Waals surface area contributed by atoms with Gasteiger partial charge in [0.15, 0.2) is 11.5 Å². The Bertz CT molecular complexity index is 1590. The van der Waals surface area contributed by atoms with Crippen LogP contribution < -0.4 is 16.4 Å². The van der Waals surface area contributed by atoms with E-state index in [9.17, 15) is 4.79 Å². The zero-order valence-corrected chi connectivity index (χ0v) is 23.3. The fourth-order valence-corrected chi connectivity index (χ4v) is 5.92. The minimum atomic E-state index is -0.654. The number of H-pyrrole nitrogens is 1. The summed E-state index contributed by atoms with van der Waals surface area (Å²) in [5, 5.41) is 15.5. The van der Waals surface area contributed by atoms with Gasteiger partial charge in [0, 0.05) is 43.9 Å². The second-order valence-corrected chi connectivity index (χ2v) is 11.3. The van der Waals surface area contributed by atoms with E-state index in [2.05, 4.69) is 43.3 Å². The minimum absolute atomic E-state index is 0.175. The summed E-state index contributed by atoms with van der Waals surface area (Å²) in [6.45, 7) is 5.55. The second kappa shape index (κ2) is 10.8. The molecule has 0 amide bonds. The molecule has 0 radical (unpaired) electrons. The highest BCUT2D eigenvalue weighted by atomic mass is 16.5. The molecule has 2 aliphatic carbocycles. The largest absolute Gasteiger partial charge is 0.439 e. The van der Waals surface area contributed by atoms with E-state index in [-0.39, 0.29) is 17.7 Å². The minimum Gasteiger partial charge on any atom is -0.365 e. The maximum atomic E-state index is 11.7. The van der Waals surface area contributed by atoms with Crippen molar-refractivity contribution in [1.29, 1.82) is 0 Å². The molecule has 0 aliphatic heterocycles. The first-order valence-electron chi connectivity index (χ1n) is 14.2. The molecule has 0 unspecified atom stereocenters. The molecule has 4 aromatic rings. The molecule has 1 atom stereocenters. The van der Waals surface area contributed by atoms with E-state index in [4.69, 9.17) is 25.9 Å². The zero-order valence-electron chi connectivity index (χ0n) is 23.3. The third kappa shape index (κ3) is 5.20. The molecular weight excluding hydrogens is 508 g/mol. The summed E-state index contributed by atoms with van der Waals surface area (Å²) in [5.74, 6) is 5.52. The van der Waals surface area contributed by atoms with Gasteiger partial charge >= 0.3 is 5.76 Å². The number of nitrogens with one attached hydrogen (secondary N) is 3. The molecule has 4 heterocycles. The first kappa shape index (κ1) is 26.1. The number of terminal acetylenes is 1. The number of aromatic amines is 1. The monoisotopic (exact) mass is 544 g/mol. The Kier molecular flexibility index (Phi) is 7.04. The van der Waals surface area contributed by atoms with Crippen LogP contribution in [0.3, 0.4) is 0 Å². The van der Waals surface area contributed by atoms with E-state index < -0.39 is 5.76 Å². The number of hydrogen-bond acceptors (Lipinski definition) is 9. The molecule has 6 rings (SSSR count). The molecule has 3 N–H and O–H groups in total. The molecule has 210 valence electrons. The van der Waals surface area contributed by atoms with Crippen LogP contribution in [0.2, 0.25) is 0 Å². The summed E-state index contributed by atoms with van der Waals surface area (Å²) in [6, 6.07) is 0.222. The van der Waals surface area contributed by atoms with Crippen LogP contribution in [0.4, 0.5) is 11.8 Å². The molecule has 40 heavy (non-hydrogen) atoms. The van der Waals surface area contributed by atoms with Gasteiger partial charge in [-0.3, -0.25) is 14.2 Å². The number of anilines is 2. The van der Waals surface area contributed by atoms with E-state index in [1.807, 2.05) is 24.9 Å². The third-order valence-electron chi connectivity index (χ3n) is 8.55. The van der Waals surface area contributed by atoms with Crippen LogP contribution in [0, 0.1) is 37.0 Å². The number of fused-ring (bicyclic) bond motifs is 1. The molecule has 2 fully saturated rings. The van der Waals surface area contributed by atoms with Crippen molar-refractivity contribution in [2.45, 2.75) is 77.9 Å². The van der Waals surface area contributed by atoms with E-state index >= 15 is 0 Å². The first-order valence-corrected chi connectivity index (χ1v) is 14.2. The number of imidazole rings is 1. The van der Waals surface area contributed by atoms with Crippen molar-refractivity contribution in [2.24, 2.45) is 24.8 Å². The van der Waals surface area contributed by atoms with Crippen LogP contribution >= 0.6 is 0 Å². The van der Waals surface area contributed by atoms with E-state index in [0.717, 1.165) is 55.0 Å². The Morgan fingerprint density at radius 3 is 2.62 bits per heavy atom. The maximum Gasteiger partial charge on any atom is 0.439 e. The third-order valence-corrected chi connectivity index (χ3v) is 8.55. The van der Waals surface area contributed by atoms with Crippen LogP contribution in [0.15, 0.2) is 15.5 Å². The van der Waals surface area contributed by atoms with Crippen LogP contribution in [-0.2, 0) is 20.1 Å². The maximum absolute atomic E-state index is 11.7. The Morgan fingerprint density at radius 2 is 2.00 bits per heavy atom. The Balaban J connectivity index is 1.42. The molecule has 0 aromatic carbocycles. The molecule has 2 aliphatic rings.